The van der Waals surface area contributed by atoms with Gasteiger partial charge in [0.2, 0.25) is 5.78 Å². The monoisotopic (exact) mass is 290 g/mol. The van der Waals surface area contributed by atoms with Crippen molar-refractivity contribution in [1.82, 2.24) is 4.98 Å². The summed E-state index contributed by atoms with van der Waals surface area (Å²) in [7, 11) is 0. The van der Waals surface area contributed by atoms with E-state index in [9.17, 15) is 4.79 Å². The quantitative estimate of drug-likeness (QED) is 0.859. The number of rotatable bonds is 5. The van der Waals surface area contributed by atoms with Crippen LogP contribution in [0.15, 0.2) is 29.6 Å². The van der Waals surface area contributed by atoms with Crippen LogP contribution in [0.3, 0.4) is 0 Å². The number of nitrogens with two attached hydrogens (primary N) is 1. The number of hydrogen-bond acceptors (Lipinski definition) is 5. The zero-order valence-electron chi connectivity index (χ0n) is 11.8. The maximum absolute atomic E-state index is 12.3. The van der Waals surface area contributed by atoms with E-state index in [4.69, 9.17) is 10.5 Å². The zero-order valence-corrected chi connectivity index (χ0v) is 12.6. The van der Waals surface area contributed by atoms with Crippen LogP contribution in [0.5, 0.6) is 5.75 Å². The molecule has 4 nitrogen and oxygen atoms in total. The maximum Gasteiger partial charge on any atom is 0.212 e. The molecule has 0 aliphatic rings. The van der Waals surface area contributed by atoms with Crippen molar-refractivity contribution < 1.29 is 9.53 Å². The van der Waals surface area contributed by atoms with Crippen LogP contribution in [-0.4, -0.2) is 16.9 Å². The van der Waals surface area contributed by atoms with E-state index in [2.05, 4.69) is 4.98 Å². The Labute approximate surface area is 122 Å². The molecular formula is C15H18N2O2S. The summed E-state index contributed by atoms with van der Waals surface area (Å²) in [5.74, 6) is 0.662. The first-order valence-electron chi connectivity index (χ1n) is 6.50. The van der Waals surface area contributed by atoms with Gasteiger partial charge in [-0.05, 0) is 45.0 Å². The highest BCUT2D eigenvalue weighted by molar-refractivity contribution is 7.09. The summed E-state index contributed by atoms with van der Waals surface area (Å²) in [4.78, 5) is 16.5. The van der Waals surface area contributed by atoms with Crippen molar-refractivity contribution in [1.29, 1.82) is 0 Å². The molecule has 5 heteroatoms. The molecular weight excluding hydrogens is 272 g/mol. The van der Waals surface area contributed by atoms with Gasteiger partial charge >= 0.3 is 0 Å². The third kappa shape index (κ3) is 3.43. The van der Waals surface area contributed by atoms with Gasteiger partial charge in [-0.25, -0.2) is 4.98 Å². The minimum atomic E-state index is -0.150. The average Bonchev–Trinajstić information content (AvgIpc) is 2.88. The van der Waals surface area contributed by atoms with Crippen LogP contribution in [0.1, 0.15) is 47.9 Å². The molecule has 1 unspecified atom stereocenters. The smallest absolute Gasteiger partial charge is 0.212 e. The first-order chi connectivity index (χ1) is 9.47. The summed E-state index contributed by atoms with van der Waals surface area (Å²) >= 11 is 1.41. The van der Waals surface area contributed by atoms with Crippen LogP contribution in [0.25, 0.3) is 0 Å². The molecule has 20 heavy (non-hydrogen) atoms. The summed E-state index contributed by atoms with van der Waals surface area (Å²) in [6, 6.07) is 6.96. The van der Waals surface area contributed by atoms with Gasteiger partial charge in [0.1, 0.15) is 16.5 Å². The summed E-state index contributed by atoms with van der Waals surface area (Å²) < 4.78 is 5.55. The fourth-order valence-electron chi connectivity index (χ4n) is 1.71. The number of carbonyl (C=O) groups is 1. The molecule has 1 aromatic heterocycles. The fraction of sp³-hybridized carbons (Fsp3) is 0.333. The third-order valence-corrected chi connectivity index (χ3v) is 3.68. The van der Waals surface area contributed by atoms with E-state index in [-0.39, 0.29) is 17.9 Å². The molecule has 0 aliphatic carbocycles. The molecule has 1 atom stereocenters. The lowest BCUT2D eigenvalue weighted by Crippen LogP contribution is -2.07. The highest BCUT2D eigenvalue weighted by Crippen LogP contribution is 2.20. The molecule has 0 spiro atoms. The highest BCUT2D eigenvalue weighted by atomic mass is 32.1. The summed E-state index contributed by atoms with van der Waals surface area (Å²) in [6.45, 7) is 5.78. The molecule has 0 aliphatic heterocycles. The van der Waals surface area contributed by atoms with E-state index in [0.29, 0.717) is 11.3 Å². The Morgan fingerprint density at radius 1 is 1.25 bits per heavy atom. The Hall–Kier alpha value is -1.72. The lowest BCUT2D eigenvalue weighted by Gasteiger charge is -2.09. The Bertz CT molecular complexity index is 588. The van der Waals surface area contributed by atoms with Crippen molar-refractivity contribution in [3.63, 3.8) is 0 Å². The third-order valence-electron chi connectivity index (χ3n) is 2.63. The van der Waals surface area contributed by atoms with Crippen LogP contribution in [0, 0.1) is 0 Å². The van der Waals surface area contributed by atoms with E-state index < -0.39 is 0 Å². The van der Waals surface area contributed by atoms with Crippen LogP contribution in [0.4, 0.5) is 0 Å². The number of ketones is 1. The highest BCUT2D eigenvalue weighted by Gasteiger charge is 2.14. The molecule has 0 bridgehead atoms. The van der Waals surface area contributed by atoms with Gasteiger partial charge in [0, 0.05) is 10.9 Å². The van der Waals surface area contributed by atoms with Gasteiger partial charge in [0.05, 0.1) is 12.1 Å². The van der Waals surface area contributed by atoms with Gasteiger partial charge in [0.25, 0.3) is 0 Å². The largest absolute Gasteiger partial charge is 0.491 e. The van der Waals surface area contributed by atoms with Crippen LogP contribution in [0.2, 0.25) is 0 Å². The summed E-state index contributed by atoms with van der Waals surface area (Å²) in [6.07, 6.45) is 0.115. The normalized spacial score (nSPS) is 12.4. The number of hydrogen-bond donors (Lipinski definition) is 1. The van der Waals surface area contributed by atoms with Crippen molar-refractivity contribution in [2.24, 2.45) is 5.73 Å². The minimum Gasteiger partial charge on any atom is -0.491 e. The molecule has 2 rings (SSSR count). The van der Waals surface area contributed by atoms with E-state index in [1.165, 1.54) is 11.3 Å². The lowest BCUT2D eigenvalue weighted by molar-refractivity contribution is 0.103. The maximum atomic E-state index is 12.3. The zero-order chi connectivity index (χ0) is 14.7. The molecule has 1 aromatic carbocycles. The first-order valence-corrected chi connectivity index (χ1v) is 7.37. The predicted octanol–water partition coefficient (Wildman–Crippen LogP) is 3.18. The second-order valence-electron chi connectivity index (χ2n) is 4.88. The fourth-order valence-corrected chi connectivity index (χ4v) is 2.46. The van der Waals surface area contributed by atoms with E-state index in [0.717, 1.165) is 10.8 Å². The van der Waals surface area contributed by atoms with E-state index >= 15 is 0 Å². The first kappa shape index (κ1) is 14.7. The second kappa shape index (κ2) is 6.15. The molecule has 1 heterocycles. The Morgan fingerprint density at radius 2 is 1.90 bits per heavy atom. The molecule has 2 N–H and O–H groups in total. The summed E-state index contributed by atoms with van der Waals surface area (Å²) in [5, 5.41) is 2.52. The standard InChI is InChI=1S/C15H18N2O2S/c1-9(2)19-12-6-4-11(5-7-12)14(18)13-8-20-15(17-13)10(3)16/h4-10H,16H2,1-3H3. The Morgan fingerprint density at radius 3 is 2.40 bits per heavy atom. The predicted molar refractivity (Wildman–Crippen MR) is 80.4 cm³/mol. The van der Waals surface area contributed by atoms with Crippen molar-refractivity contribution in [3.05, 3.63) is 45.9 Å². The molecule has 0 saturated carbocycles. The van der Waals surface area contributed by atoms with Crippen molar-refractivity contribution >= 4 is 17.1 Å². The SMILES string of the molecule is CC(C)Oc1ccc(C(=O)c2csc(C(C)N)n2)cc1. The van der Waals surface area contributed by atoms with E-state index in [1.807, 2.05) is 20.8 Å². The topological polar surface area (TPSA) is 65.2 Å². The lowest BCUT2D eigenvalue weighted by atomic mass is 10.1. The van der Waals surface area contributed by atoms with Gasteiger partial charge in [-0.2, -0.15) is 0 Å². The van der Waals surface area contributed by atoms with Crippen LogP contribution < -0.4 is 10.5 Å². The van der Waals surface area contributed by atoms with Crippen LogP contribution in [-0.2, 0) is 0 Å². The van der Waals surface area contributed by atoms with Gasteiger partial charge in [0.15, 0.2) is 0 Å². The molecule has 2 aromatic rings. The molecule has 0 saturated heterocycles. The van der Waals surface area contributed by atoms with Gasteiger partial charge in [-0.3, -0.25) is 4.79 Å². The average molecular weight is 290 g/mol. The number of carbonyl (C=O) groups excluding carboxylic acids is 1. The number of aromatic nitrogens is 1. The second-order valence-corrected chi connectivity index (χ2v) is 5.77. The van der Waals surface area contributed by atoms with Gasteiger partial charge in [-0.15, -0.1) is 11.3 Å². The number of nitrogens with zero attached hydrogens (tertiary/aromatic N) is 1. The number of benzene rings is 1. The van der Waals surface area contributed by atoms with E-state index in [1.54, 1.807) is 29.6 Å². The molecule has 0 fully saturated rings. The van der Waals surface area contributed by atoms with Crippen molar-refractivity contribution in [2.45, 2.75) is 32.9 Å². The number of thiazole rings is 1. The molecule has 106 valence electrons. The van der Waals surface area contributed by atoms with Crippen molar-refractivity contribution in [3.8, 4) is 5.75 Å². The Kier molecular flexibility index (Phi) is 4.52. The minimum absolute atomic E-state index is 0.0933. The van der Waals surface area contributed by atoms with Crippen molar-refractivity contribution in [2.75, 3.05) is 0 Å². The van der Waals surface area contributed by atoms with Gasteiger partial charge < -0.3 is 10.5 Å². The van der Waals surface area contributed by atoms with Crippen LogP contribution >= 0.6 is 11.3 Å². The Balaban J connectivity index is 2.16. The number of ether oxygens (including phenoxy) is 1. The summed E-state index contributed by atoms with van der Waals surface area (Å²) in [5.41, 5.74) is 6.80. The molecule has 0 radical (unpaired) electrons. The van der Waals surface area contributed by atoms with Gasteiger partial charge in [-0.1, -0.05) is 0 Å². The molecule has 0 amide bonds.